The highest BCUT2D eigenvalue weighted by atomic mass is 19.1. The molecule has 1 aromatic rings. The third-order valence-corrected chi connectivity index (χ3v) is 2.26. The van der Waals surface area contributed by atoms with Crippen molar-refractivity contribution in [2.75, 3.05) is 38.0 Å². The average molecular weight is 240 g/mol. The summed E-state index contributed by atoms with van der Waals surface area (Å²) in [5, 5.41) is 0. The van der Waals surface area contributed by atoms with E-state index in [9.17, 15) is 9.18 Å². The summed E-state index contributed by atoms with van der Waals surface area (Å²) in [7, 11) is 3.73. The van der Waals surface area contributed by atoms with Gasteiger partial charge in [0.15, 0.2) is 0 Å². The first-order chi connectivity index (χ1) is 8.06. The zero-order chi connectivity index (χ0) is 12.8. The van der Waals surface area contributed by atoms with Crippen LogP contribution < -0.4 is 10.6 Å². The van der Waals surface area contributed by atoms with Crippen LogP contribution in [0.1, 0.15) is 16.8 Å². The topological polar surface area (TPSA) is 55.6 Å². The van der Waals surface area contributed by atoms with Crippen LogP contribution in [0.4, 0.5) is 15.8 Å². The van der Waals surface area contributed by atoms with Crippen molar-refractivity contribution in [2.24, 2.45) is 0 Å². The van der Waals surface area contributed by atoms with Crippen LogP contribution in [0.25, 0.3) is 0 Å². The van der Waals surface area contributed by atoms with Crippen LogP contribution >= 0.6 is 0 Å². The predicted octanol–water partition coefficient (Wildman–Crippen LogP) is 1.85. The fourth-order valence-electron chi connectivity index (χ4n) is 1.39. The van der Waals surface area contributed by atoms with Crippen LogP contribution in [0.15, 0.2) is 18.2 Å². The van der Waals surface area contributed by atoms with Gasteiger partial charge in [-0.1, -0.05) is 0 Å². The van der Waals surface area contributed by atoms with Crippen molar-refractivity contribution in [3.05, 3.63) is 23.8 Å². The second-order valence-corrected chi connectivity index (χ2v) is 3.85. The van der Waals surface area contributed by atoms with Gasteiger partial charge in [-0.05, 0) is 18.2 Å². The summed E-state index contributed by atoms with van der Waals surface area (Å²) in [6.45, 7) is -0.403. The third kappa shape index (κ3) is 3.62. The lowest BCUT2D eigenvalue weighted by Gasteiger charge is -2.15. The van der Waals surface area contributed by atoms with Crippen LogP contribution in [0.3, 0.4) is 0 Å². The normalized spacial score (nSPS) is 10.1. The highest BCUT2D eigenvalue weighted by Crippen LogP contribution is 2.22. The Morgan fingerprint density at radius 1 is 1.47 bits per heavy atom. The number of nitrogens with two attached hydrogens (primary N) is 1. The smallest absolute Gasteiger partial charge is 0.338 e. The van der Waals surface area contributed by atoms with Gasteiger partial charge in [0.25, 0.3) is 0 Å². The summed E-state index contributed by atoms with van der Waals surface area (Å²) in [6, 6.07) is 4.96. The van der Waals surface area contributed by atoms with Gasteiger partial charge in [-0.15, -0.1) is 0 Å². The molecule has 0 saturated carbocycles. The van der Waals surface area contributed by atoms with Crippen molar-refractivity contribution in [1.82, 2.24) is 0 Å². The van der Waals surface area contributed by atoms with Crippen LogP contribution in [0.5, 0.6) is 0 Å². The Hall–Kier alpha value is -1.78. The highest BCUT2D eigenvalue weighted by molar-refractivity contribution is 5.92. The Balaban J connectivity index is 2.72. The van der Waals surface area contributed by atoms with E-state index in [1.54, 1.807) is 18.2 Å². The van der Waals surface area contributed by atoms with Gasteiger partial charge in [0.05, 0.1) is 30.2 Å². The fraction of sp³-hybridized carbons (Fsp3) is 0.417. The molecule has 0 heterocycles. The van der Waals surface area contributed by atoms with E-state index < -0.39 is 12.6 Å². The Bertz CT molecular complexity index is 394. The molecule has 0 fully saturated rings. The second kappa shape index (κ2) is 6.08. The fourth-order valence-corrected chi connectivity index (χ4v) is 1.39. The van der Waals surface area contributed by atoms with Crippen molar-refractivity contribution < 1.29 is 13.9 Å². The Morgan fingerprint density at radius 2 is 2.18 bits per heavy atom. The molecule has 0 aliphatic rings. The number of nitrogen functional groups attached to an aromatic ring is 1. The summed E-state index contributed by atoms with van der Waals surface area (Å²) < 4.78 is 16.7. The maximum absolute atomic E-state index is 11.8. The summed E-state index contributed by atoms with van der Waals surface area (Å²) in [4.78, 5) is 13.4. The third-order valence-electron chi connectivity index (χ3n) is 2.26. The average Bonchev–Trinajstić information content (AvgIpc) is 2.28. The van der Waals surface area contributed by atoms with Gasteiger partial charge in [-0.2, -0.15) is 0 Å². The number of esters is 1. The maximum Gasteiger partial charge on any atom is 0.338 e. The maximum atomic E-state index is 11.8. The molecule has 2 N–H and O–H groups in total. The monoisotopic (exact) mass is 240 g/mol. The van der Waals surface area contributed by atoms with Crippen molar-refractivity contribution in [1.29, 1.82) is 0 Å². The van der Waals surface area contributed by atoms with Crippen LogP contribution in [-0.4, -0.2) is 33.3 Å². The van der Waals surface area contributed by atoms with Crippen molar-refractivity contribution in [3.63, 3.8) is 0 Å². The molecule has 17 heavy (non-hydrogen) atoms. The minimum absolute atomic E-state index is 0.0880. The summed E-state index contributed by atoms with van der Waals surface area (Å²) >= 11 is 0. The van der Waals surface area contributed by atoms with E-state index in [-0.39, 0.29) is 13.0 Å². The van der Waals surface area contributed by atoms with E-state index in [4.69, 9.17) is 10.5 Å². The number of benzene rings is 1. The van der Waals surface area contributed by atoms with Gasteiger partial charge in [0.2, 0.25) is 0 Å². The Labute approximate surface area is 100 Å². The molecule has 0 aliphatic heterocycles. The zero-order valence-corrected chi connectivity index (χ0v) is 10.1. The van der Waals surface area contributed by atoms with Crippen LogP contribution in [0.2, 0.25) is 0 Å². The first-order valence-electron chi connectivity index (χ1n) is 5.36. The summed E-state index contributed by atoms with van der Waals surface area (Å²) in [5.74, 6) is -0.476. The largest absolute Gasteiger partial charge is 0.462 e. The lowest BCUT2D eigenvalue weighted by molar-refractivity contribution is 0.0494. The van der Waals surface area contributed by atoms with Gasteiger partial charge >= 0.3 is 5.97 Å². The van der Waals surface area contributed by atoms with Crippen molar-refractivity contribution in [3.8, 4) is 0 Å². The minimum Gasteiger partial charge on any atom is -0.462 e. The minimum atomic E-state index is -0.491. The van der Waals surface area contributed by atoms with Gasteiger partial charge in [-0.25, -0.2) is 4.79 Å². The quantitative estimate of drug-likeness (QED) is 0.485. The first kappa shape index (κ1) is 13.3. The highest BCUT2D eigenvalue weighted by Gasteiger charge is 2.10. The Morgan fingerprint density at radius 3 is 2.71 bits per heavy atom. The number of halogens is 1. The SMILES string of the molecule is CN(C)c1ccc(C(=O)OCCCF)cc1N. The van der Waals surface area contributed by atoms with E-state index in [0.29, 0.717) is 11.3 Å². The van der Waals surface area contributed by atoms with Gasteiger partial charge < -0.3 is 15.4 Å². The molecule has 0 radical (unpaired) electrons. The number of nitrogens with zero attached hydrogens (tertiary/aromatic N) is 1. The number of hydrogen-bond acceptors (Lipinski definition) is 4. The molecule has 0 aliphatic carbocycles. The number of hydrogen-bond donors (Lipinski definition) is 1. The zero-order valence-electron chi connectivity index (χ0n) is 10.1. The molecule has 1 rings (SSSR count). The second-order valence-electron chi connectivity index (χ2n) is 3.85. The predicted molar refractivity (Wildman–Crippen MR) is 66.1 cm³/mol. The van der Waals surface area contributed by atoms with E-state index in [1.165, 1.54) is 0 Å². The molecular weight excluding hydrogens is 223 g/mol. The number of rotatable bonds is 5. The van der Waals surface area contributed by atoms with Gasteiger partial charge in [0.1, 0.15) is 0 Å². The van der Waals surface area contributed by atoms with Crippen molar-refractivity contribution in [2.45, 2.75) is 6.42 Å². The molecule has 94 valence electrons. The summed E-state index contributed by atoms with van der Waals surface area (Å²) in [6.07, 6.45) is 0.219. The molecule has 5 heteroatoms. The number of carbonyl (C=O) groups is 1. The molecule has 1 aromatic carbocycles. The van der Waals surface area contributed by atoms with Gasteiger partial charge in [-0.3, -0.25) is 4.39 Å². The first-order valence-corrected chi connectivity index (χ1v) is 5.36. The number of carbonyl (C=O) groups excluding carboxylic acids is 1. The number of alkyl halides is 1. The molecule has 0 saturated heterocycles. The van der Waals surface area contributed by atoms with Crippen LogP contribution in [0, 0.1) is 0 Å². The van der Waals surface area contributed by atoms with E-state index >= 15 is 0 Å². The molecule has 0 atom stereocenters. The number of anilines is 2. The Kier molecular flexibility index (Phi) is 4.75. The van der Waals surface area contributed by atoms with Gasteiger partial charge in [0, 0.05) is 20.5 Å². The molecule has 0 unspecified atom stereocenters. The van der Waals surface area contributed by atoms with Crippen molar-refractivity contribution >= 4 is 17.3 Å². The lowest BCUT2D eigenvalue weighted by Crippen LogP contribution is -2.13. The number of ether oxygens (including phenoxy) is 1. The van der Waals surface area contributed by atoms with E-state index in [0.717, 1.165) is 5.69 Å². The van der Waals surface area contributed by atoms with E-state index in [2.05, 4.69) is 0 Å². The molecule has 0 aromatic heterocycles. The molecule has 4 nitrogen and oxygen atoms in total. The molecule has 0 amide bonds. The lowest BCUT2D eigenvalue weighted by atomic mass is 10.1. The molecule has 0 bridgehead atoms. The van der Waals surface area contributed by atoms with E-state index in [1.807, 2.05) is 19.0 Å². The standard InChI is InChI=1S/C12H17FN2O2/c1-15(2)11-5-4-9(8-10(11)14)12(16)17-7-3-6-13/h4-5,8H,3,6-7,14H2,1-2H3. The molecular formula is C12H17FN2O2. The molecule has 0 spiro atoms. The van der Waals surface area contributed by atoms with Crippen LogP contribution in [-0.2, 0) is 4.74 Å². The summed E-state index contributed by atoms with van der Waals surface area (Å²) in [5.41, 5.74) is 7.53.